The molecule has 1 aromatic heterocycles. The van der Waals surface area contributed by atoms with Crippen LogP contribution in [0.15, 0.2) is 30.3 Å². The van der Waals surface area contributed by atoms with Crippen molar-refractivity contribution in [2.75, 3.05) is 18.4 Å². The molecule has 0 radical (unpaired) electrons. The molecule has 0 aliphatic heterocycles. The van der Waals surface area contributed by atoms with E-state index < -0.39 is 0 Å². The zero-order valence-electron chi connectivity index (χ0n) is 13.4. The maximum Gasteiger partial charge on any atom is 0.239 e. The van der Waals surface area contributed by atoms with E-state index in [2.05, 4.69) is 20.6 Å². The van der Waals surface area contributed by atoms with E-state index in [1.54, 1.807) is 0 Å². The van der Waals surface area contributed by atoms with Gasteiger partial charge in [0.25, 0.3) is 0 Å². The van der Waals surface area contributed by atoms with Crippen LogP contribution in [0, 0.1) is 0 Å². The summed E-state index contributed by atoms with van der Waals surface area (Å²) in [5.74, 6) is 1.09. The molecule has 1 amide bonds. The van der Waals surface area contributed by atoms with Gasteiger partial charge >= 0.3 is 0 Å². The van der Waals surface area contributed by atoms with Crippen LogP contribution in [0.25, 0.3) is 11.4 Å². The number of nitrogens with zero attached hydrogens (tertiary/aromatic N) is 2. The zero-order valence-corrected chi connectivity index (χ0v) is 14.2. The minimum absolute atomic E-state index is 0.0649. The molecule has 0 unspecified atom stereocenters. The summed E-state index contributed by atoms with van der Waals surface area (Å²) in [6.45, 7) is 4.82. The number of carbonyl (C=O) groups excluding carboxylic acids is 1. The third kappa shape index (κ3) is 4.66. The van der Waals surface area contributed by atoms with E-state index in [1.165, 1.54) is 0 Å². The van der Waals surface area contributed by atoms with Crippen molar-refractivity contribution in [3.8, 4) is 11.4 Å². The third-order valence-corrected chi connectivity index (χ3v) is 3.64. The fraction of sp³-hybridized carbons (Fsp3) is 0.353. The number of anilines is 1. The number of benzene rings is 1. The SMILES string of the molecule is CCCNC(=O)CNc1nc(-c2ccccc2)nc(Cl)c1CC. The van der Waals surface area contributed by atoms with Gasteiger partial charge in [0.2, 0.25) is 5.91 Å². The van der Waals surface area contributed by atoms with E-state index in [-0.39, 0.29) is 12.5 Å². The molecule has 0 spiro atoms. The van der Waals surface area contributed by atoms with Crippen LogP contribution >= 0.6 is 11.6 Å². The molecular weight excluding hydrogens is 312 g/mol. The Balaban J connectivity index is 2.23. The van der Waals surface area contributed by atoms with Crippen molar-refractivity contribution >= 4 is 23.3 Å². The van der Waals surface area contributed by atoms with Gasteiger partial charge in [-0.15, -0.1) is 0 Å². The molecule has 23 heavy (non-hydrogen) atoms. The molecule has 0 aliphatic carbocycles. The van der Waals surface area contributed by atoms with Crippen LogP contribution in [0.3, 0.4) is 0 Å². The van der Waals surface area contributed by atoms with Crippen molar-refractivity contribution in [3.05, 3.63) is 41.0 Å². The van der Waals surface area contributed by atoms with E-state index >= 15 is 0 Å². The van der Waals surface area contributed by atoms with Gasteiger partial charge in [-0.05, 0) is 12.8 Å². The van der Waals surface area contributed by atoms with Crippen molar-refractivity contribution in [3.63, 3.8) is 0 Å². The van der Waals surface area contributed by atoms with Gasteiger partial charge in [0, 0.05) is 17.7 Å². The van der Waals surface area contributed by atoms with Gasteiger partial charge in [0.1, 0.15) is 11.0 Å². The van der Waals surface area contributed by atoms with Crippen LogP contribution in [0.2, 0.25) is 5.15 Å². The van der Waals surface area contributed by atoms with E-state index in [1.807, 2.05) is 44.2 Å². The molecule has 2 N–H and O–H groups in total. The summed E-state index contributed by atoms with van der Waals surface area (Å²) in [6, 6.07) is 9.63. The van der Waals surface area contributed by atoms with Crippen LogP contribution in [-0.2, 0) is 11.2 Å². The Kier molecular flexibility index (Phi) is 6.35. The number of halogens is 1. The maximum absolute atomic E-state index is 11.8. The van der Waals surface area contributed by atoms with Gasteiger partial charge in [0.15, 0.2) is 5.82 Å². The van der Waals surface area contributed by atoms with Gasteiger partial charge in [-0.2, -0.15) is 0 Å². The average molecular weight is 333 g/mol. The van der Waals surface area contributed by atoms with E-state index in [0.29, 0.717) is 29.8 Å². The topological polar surface area (TPSA) is 66.9 Å². The number of rotatable bonds is 7. The van der Waals surface area contributed by atoms with E-state index in [4.69, 9.17) is 11.6 Å². The lowest BCUT2D eigenvalue weighted by atomic mass is 10.2. The Morgan fingerprint density at radius 3 is 2.57 bits per heavy atom. The molecule has 2 aromatic rings. The minimum Gasteiger partial charge on any atom is -0.361 e. The molecule has 1 heterocycles. The molecule has 6 heteroatoms. The highest BCUT2D eigenvalue weighted by Crippen LogP contribution is 2.25. The van der Waals surface area contributed by atoms with Crippen molar-refractivity contribution in [1.82, 2.24) is 15.3 Å². The van der Waals surface area contributed by atoms with Crippen molar-refractivity contribution in [2.45, 2.75) is 26.7 Å². The van der Waals surface area contributed by atoms with Gasteiger partial charge in [-0.1, -0.05) is 55.8 Å². The average Bonchev–Trinajstić information content (AvgIpc) is 2.58. The van der Waals surface area contributed by atoms with Crippen LogP contribution < -0.4 is 10.6 Å². The summed E-state index contributed by atoms with van der Waals surface area (Å²) in [5.41, 5.74) is 1.70. The molecule has 0 fully saturated rings. The fourth-order valence-corrected chi connectivity index (χ4v) is 2.43. The molecule has 0 saturated heterocycles. The zero-order chi connectivity index (χ0) is 16.7. The van der Waals surface area contributed by atoms with Gasteiger partial charge < -0.3 is 10.6 Å². The lowest BCUT2D eigenvalue weighted by molar-refractivity contribution is -0.119. The first-order chi connectivity index (χ1) is 11.2. The van der Waals surface area contributed by atoms with Crippen LogP contribution in [0.5, 0.6) is 0 Å². The lowest BCUT2D eigenvalue weighted by Crippen LogP contribution is -2.30. The predicted molar refractivity (Wildman–Crippen MR) is 93.6 cm³/mol. The molecule has 5 nitrogen and oxygen atoms in total. The first kappa shape index (κ1) is 17.2. The smallest absolute Gasteiger partial charge is 0.239 e. The predicted octanol–water partition coefficient (Wildman–Crippen LogP) is 3.30. The summed E-state index contributed by atoms with van der Waals surface area (Å²) in [5, 5.41) is 6.31. The third-order valence-electron chi connectivity index (χ3n) is 3.33. The first-order valence-electron chi connectivity index (χ1n) is 7.78. The summed E-state index contributed by atoms with van der Waals surface area (Å²) >= 11 is 6.29. The van der Waals surface area contributed by atoms with E-state index in [0.717, 1.165) is 17.5 Å². The van der Waals surface area contributed by atoms with Crippen LogP contribution in [0.1, 0.15) is 25.8 Å². The quantitative estimate of drug-likeness (QED) is 0.763. The lowest BCUT2D eigenvalue weighted by Gasteiger charge is -2.13. The van der Waals surface area contributed by atoms with Gasteiger partial charge in [0.05, 0.1) is 6.54 Å². The maximum atomic E-state index is 11.8. The molecule has 1 aromatic carbocycles. The second-order valence-corrected chi connectivity index (χ2v) is 5.45. The van der Waals surface area contributed by atoms with Gasteiger partial charge in [-0.25, -0.2) is 9.97 Å². The highest BCUT2D eigenvalue weighted by Gasteiger charge is 2.13. The number of nitrogens with one attached hydrogen (secondary N) is 2. The van der Waals surface area contributed by atoms with Crippen LogP contribution in [-0.4, -0.2) is 29.0 Å². The molecule has 0 aliphatic rings. The fourth-order valence-electron chi connectivity index (χ4n) is 2.12. The Morgan fingerprint density at radius 2 is 1.91 bits per heavy atom. The van der Waals surface area contributed by atoms with Crippen molar-refractivity contribution in [1.29, 1.82) is 0 Å². The summed E-state index contributed by atoms with van der Waals surface area (Å²) in [4.78, 5) is 20.7. The Labute approximate surface area is 141 Å². The second-order valence-electron chi connectivity index (χ2n) is 5.09. The molecule has 122 valence electrons. The number of carbonyl (C=O) groups is 1. The number of hydrogen-bond donors (Lipinski definition) is 2. The summed E-state index contributed by atoms with van der Waals surface area (Å²) in [7, 11) is 0. The first-order valence-corrected chi connectivity index (χ1v) is 8.15. The standard InChI is InChI=1S/C17H21ClN4O/c1-3-10-19-14(23)11-20-17-13(4-2)15(18)21-16(22-17)12-8-6-5-7-9-12/h5-9H,3-4,10-11H2,1-2H3,(H,19,23)(H,20,21,22). The van der Waals surface area contributed by atoms with Crippen molar-refractivity contribution in [2.24, 2.45) is 0 Å². The Morgan fingerprint density at radius 1 is 1.17 bits per heavy atom. The highest BCUT2D eigenvalue weighted by atomic mass is 35.5. The monoisotopic (exact) mass is 332 g/mol. The normalized spacial score (nSPS) is 10.4. The molecule has 0 bridgehead atoms. The number of hydrogen-bond acceptors (Lipinski definition) is 4. The molecule has 0 saturated carbocycles. The molecule has 0 atom stereocenters. The largest absolute Gasteiger partial charge is 0.361 e. The van der Waals surface area contributed by atoms with Crippen molar-refractivity contribution < 1.29 is 4.79 Å². The highest BCUT2D eigenvalue weighted by molar-refractivity contribution is 6.30. The van der Waals surface area contributed by atoms with Crippen LogP contribution in [0.4, 0.5) is 5.82 Å². The summed E-state index contributed by atoms with van der Waals surface area (Å²) in [6.07, 6.45) is 1.59. The number of amides is 1. The summed E-state index contributed by atoms with van der Waals surface area (Å²) < 4.78 is 0. The van der Waals surface area contributed by atoms with E-state index in [9.17, 15) is 4.79 Å². The number of aromatic nitrogens is 2. The molecule has 2 rings (SSSR count). The second kappa shape index (κ2) is 8.48. The minimum atomic E-state index is -0.0649. The van der Waals surface area contributed by atoms with Gasteiger partial charge in [-0.3, -0.25) is 4.79 Å². The molecular formula is C17H21ClN4O. The Bertz CT molecular complexity index is 661. The Hall–Kier alpha value is -2.14.